The van der Waals surface area contributed by atoms with E-state index in [1.165, 1.54) is 11.3 Å². The number of hydrogen-bond donors (Lipinski definition) is 0. The van der Waals surface area contributed by atoms with Gasteiger partial charge < -0.3 is 0 Å². The van der Waals surface area contributed by atoms with E-state index in [2.05, 4.69) is 55.9 Å². The molecule has 0 unspecified atom stereocenters. The highest BCUT2D eigenvalue weighted by Gasteiger charge is 2.28. The van der Waals surface area contributed by atoms with Gasteiger partial charge in [0.1, 0.15) is 0 Å². The molecule has 68 valence electrons. The van der Waals surface area contributed by atoms with Crippen molar-refractivity contribution < 1.29 is 4.57 Å². The minimum absolute atomic E-state index is 0.298. The van der Waals surface area contributed by atoms with Crippen molar-refractivity contribution in [1.82, 2.24) is 0 Å². The van der Waals surface area contributed by atoms with E-state index in [0.717, 1.165) is 6.42 Å². The molecule has 1 aliphatic rings. The molecule has 0 spiro atoms. The first-order valence-corrected chi connectivity index (χ1v) is 4.77. The number of nitrogens with zero attached hydrogens (tertiary/aromatic N) is 1. The van der Waals surface area contributed by atoms with Crippen LogP contribution in [0.2, 0.25) is 0 Å². The number of fused-ring (bicyclic) bond motifs is 1. The van der Waals surface area contributed by atoms with Gasteiger partial charge in [0, 0.05) is 17.7 Å². The molecule has 0 bridgehead atoms. The summed E-state index contributed by atoms with van der Waals surface area (Å²) in [7, 11) is 0. The van der Waals surface area contributed by atoms with Crippen molar-refractivity contribution in [2.24, 2.45) is 5.41 Å². The molecular weight excluding hydrogens is 158 g/mol. The second kappa shape index (κ2) is 2.69. The van der Waals surface area contributed by atoms with Gasteiger partial charge in [0.15, 0.2) is 18.1 Å². The van der Waals surface area contributed by atoms with Gasteiger partial charge in [0.25, 0.3) is 0 Å². The van der Waals surface area contributed by atoms with Crippen molar-refractivity contribution in [2.75, 3.05) is 0 Å². The smallest absolute Gasteiger partial charge is 0.171 e. The van der Waals surface area contributed by atoms with Crippen LogP contribution in [0.15, 0.2) is 30.0 Å². The molecule has 1 aromatic rings. The Hall–Kier alpha value is -1.11. The lowest BCUT2D eigenvalue weighted by atomic mass is 9.85. The molecule has 0 N–H and O–H groups in total. The second-order valence-corrected chi connectivity index (χ2v) is 4.68. The van der Waals surface area contributed by atoms with Gasteiger partial charge in [-0.15, -0.1) is 0 Å². The van der Waals surface area contributed by atoms with E-state index in [-0.39, 0.29) is 0 Å². The third-order valence-corrected chi connectivity index (χ3v) is 2.61. The summed E-state index contributed by atoms with van der Waals surface area (Å²) in [4.78, 5) is 0. The standard InChI is InChI=1S/C12H16N/c1-12(2,3)10-8-11-6-4-5-7-13(11)9-10/h4-7,9H,8H2,1-3H3/q+1. The Kier molecular flexibility index (Phi) is 1.76. The number of hydrogen-bond acceptors (Lipinski definition) is 0. The molecule has 13 heavy (non-hydrogen) atoms. The zero-order valence-electron chi connectivity index (χ0n) is 8.54. The lowest BCUT2D eigenvalue weighted by Crippen LogP contribution is -2.26. The van der Waals surface area contributed by atoms with Gasteiger partial charge >= 0.3 is 0 Å². The first-order chi connectivity index (χ1) is 6.07. The predicted molar refractivity (Wildman–Crippen MR) is 54.1 cm³/mol. The van der Waals surface area contributed by atoms with Crippen LogP contribution in [0.5, 0.6) is 0 Å². The van der Waals surface area contributed by atoms with E-state index in [1.54, 1.807) is 0 Å². The van der Waals surface area contributed by atoms with Crippen LogP contribution < -0.4 is 4.57 Å². The molecule has 0 fully saturated rings. The normalized spacial score (nSPS) is 15.5. The fourth-order valence-corrected chi connectivity index (χ4v) is 1.63. The highest BCUT2D eigenvalue weighted by molar-refractivity contribution is 5.33. The summed E-state index contributed by atoms with van der Waals surface area (Å²) in [5, 5.41) is 0. The summed E-state index contributed by atoms with van der Waals surface area (Å²) in [6.45, 7) is 6.81. The van der Waals surface area contributed by atoms with Crippen LogP contribution in [-0.2, 0) is 6.42 Å². The Morgan fingerprint density at radius 3 is 2.62 bits per heavy atom. The Bertz CT molecular complexity index is 356. The summed E-state index contributed by atoms with van der Waals surface area (Å²) in [6.07, 6.45) is 5.48. The first kappa shape index (κ1) is 8.49. The molecule has 0 saturated heterocycles. The van der Waals surface area contributed by atoms with E-state index >= 15 is 0 Å². The Morgan fingerprint density at radius 2 is 2.00 bits per heavy atom. The third kappa shape index (κ3) is 1.51. The molecule has 0 aliphatic carbocycles. The quantitative estimate of drug-likeness (QED) is 0.532. The molecule has 1 aliphatic heterocycles. The van der Waals surface area contributed by atoms with Gasteiger partial charge in [-0.1, -0.05) is 26.8 Å². The molecule has 1 aromatic heterocycles. The van der Waals surface area contributed by atoms with Crippen LogP contribution in [0.3, 0.4) is 0 Å². The maximum absolute atomic E-state index is 2.27. The van der Waals surface area contributed by atoms with Crippen LogP contribution in [0.25, 0.3) is 6.20 Å². The highest BCUT2D eigenvalue weighted by Crippen LogP contribution is 2.29. The Labute approximate surface area is 79.7 Å². The average molecular weight is 174 g/mol. The molecule has 1 nitrogen and oxygen atoms in total. The molecule has 2 rings (SSSR count). The van der Waals surface area contributed by atoms with Crippen LogP contribution >= 0.6 is 0 Å². The fraction of sp³-hybridized carbons (Fsp3) is 0.417. The van der Waals surface area contributed by atoms with Crippen LogP contribution in [0.4, 0.5) is 0 Å². The van der Waals surface area contributed by atoms with E-state index in [9.17, 15) is 0 Å². The van der Waals surface area contributed by atoms with E-state index in [4.69, 9.17) is 0 Å². The summed E-state index contributed by atoms with van der Waals surface area (Å²) in [6, 6.07) is 6.37. The zero-order chi connectivity index (χ0) is 9.47. The van der Waals surface area contributed by atoms with Crippen LogP contribution in [0, 0.1) is 5.41 Å². The first-order valence-electron chi connectivity index (χ1n) is 4.77. The zero-order valence-corrected chi connectivity index (χ0v) is 8.54. The van der Waals surface area contributed by atoms with E-state index < -0.39 is 0 Å². The molecule has 0 saturated carbocycles. The Balaban J connectivity index is 2.37. The largest absolute Gasteiger partial charge is 0.191 e. The van der Waals surface area contributed by atoms with Gasteiger partial charge in [0.05, 0.1) is 6.42 Å². The van der Waals surface area contributed by atoms with Crippen LogP contribution in [0.1, 0.15) is 26.5 Å². The van der Waals surface area contributed by atoms with Crippen molar-refractivity contribution in [3.05, 3.63) is 35.7 Å². The molecule has 0 amide bonds. The molecule has 0 aromatic carbocycles. The average Bonchev–Trinajstić information content (AvgIpc) is 2.45. The van der Waals surface area contributed by atoms with E-state index in [1.807, 2.05) is 0 Å². The Morgan fingerprint density at radius 1 is 1.23 bits per heavy atom. The maximum Gasteiger partial charge on any atom is 0.191 e. The van der Waals surface area contributed by atoms with Crippen molar-refractivity contribution in [2.45, 2.75) is 27.2 Å². The summed E-state index contributed by atoms with van der Waals surface area (Å²) >= 11 is 0. The number of rotatable bonds is 0. The molecule has 1 heteroatoms. The predicted octanol–water partition coefficient (Wildman–Crippen LogP) is 2.42. The topological polar surface area (TPSA) is 3.88 Å². The summed E-state index contributed by atoms with van der Waals surface area (Å²) in [5.41, 5.74) is 3.21. The molecule has 0 radical (unpaired) electrons. The summed E-state index contributed by atoms with van der Waals surface area (Å²) in [5.74, 6) is 0. The van der Waals surface area contributed by atoms with Gasteiger partial charge in [-0.05, 0) is 5.41 Å². The number of pyridine rings is 1. The minimum Gasteiger partial charge on any atom is -0.171 e. The lowest BCUT2D eigenvalue weighted by Gasteiger charge is -2.16. The third-order valence-electron chi connectivity index (χ3n) is 2.61. The number of allylic oxidation sites excluding steroid dienone is 1. The fourth-order valence-electron chi connectivity index (χ4n) is 1.63. The summed E-state index contributed by atoms with van der Waals surface area (Å²) < 4.78 is 2.22. The van der Waals surface area contributed by atoms with Gasteiger partial charge in [-0.3, -0.25) is 0 Å². The number of aromatic nitrogens is 1. The highest BCUT2D eigenvalue weighted by atomic mass is 15.0. The van der Waals surface area contributed by atoms with Gasteiger partial charge in [-0.2, -0.15) is 4.57 Å². The lowest BCUT2D eigenvalue weighted by molar-refractivity contribution is -0.571. The van der Waals surface area contributed by atoms with Crippen molar-refractivity contribution in [1.29, 1.82) is 0 Å². The van der Waals surface area contributed by atoms with Crippen molar-refractivity contribution in [3.63, 3.8) is 0 Å². The van der Waals surface area contributed by atoms with E-state index in [0.29, 0.717) is 5.41 Å². The minimum atomic E-state index is 0.298. The van der Waals surface area contributed by atoms with Crippen molar-refractivity contribution in [3.8, 4) is 0 Å². The molecule has 0 atom stereocenters. The second-order valence-electron chi connectivity index (χ2n) is 4.68. The monoisotopic (exact) mass is 174 g/mol. The maximum atomic E-state index is 2.27. The SMILES string of the molecule is CC(C)(C)C1=C[n+]2ccccc2C1. The molecule has 2 heterocycles. The van der Waals surface area contributed by atoms with Gasteiger partial charge in [0.2, 0.25) is 0 Å². The van der Waals surface area contributed by atoms with Gasteiger partial charge in [-0.25, -0.2) is 0 Å². The van der Waals surface area contributed by atoms with Crippen molar-refractivity contribution >= 4 is 6.20 Å². The molecular formula is C12H16N+. The van der Waals surface area contributed by atoms with Crippen LogP contribution in [-0.4, -0.2) is 0 Å².